The van der Waals surface area contributed by atoms with Crippen LogP contribution in [-0.4, -0.2) is 88.5 Å². The zero-order chi connectivity index (χ0) is 40.9. The molecule has 4 heterocycles. The van der Waals surface area contributed by atoms with E-state index < -0.39 is 36.2 Å². The molecule has 6 rings (SSSR count). The van der Waals surface area contributed by atoms with Crippen LogP contribution in [0.3, 0.4) is 0 Å². The summed E-state index contributed by atoms with van der Waals surface area (Å²) in [7, 11) is 2.85. The topological polar surface area (TPSA) is 171 Å². The number of aliphatic carboxylic acids is 3. The van der Waals surface area contributed by atoms with Crippen molar-refractivity contribution in [2.45, 2.75) is 44.2 Å². The van der Waals surface area contributed by atoms with Crippen molar-refractivity contribution in [2.24, 2.45) is 0 Å². The number of ether oxygens (including phenoxy) is 2. The molecule has 0 saturated carbocycles. The van der Waals surface area contributed by atoms with Gasteiger partial charge in [0.15, 0.2) is 0 Å². The quantitative estimate of drug-likeness (QED) is 0.133. The van der Waals surface area contributed by atoms with Gasteiger partial charge in [-0.25, -0.2) is 24.0 Å². The number of fused-ring (bicyclic) bond motifs is 2. The third kappa shape index (κ3) is 12.8. The number of hydrogen-bond donors (Lipinski definition) is 3. The number of thiophene rings is 2. The van der Waals surface area contributed by atoms with Crippen LogP contribution in [0.25, 0.3) is 0 Å². The molecule has 0 unspecified atom stereocenters. The van der Waals surface area contributed by atoms with E-state index in [4.69, 9.17) is 62.4 Å². The fourth-order valence-corrected chi connectivity index (χ4v) is 7.80. The van der Waals surface area contributed by atoms with E-state index in [0.717, 1.165) is 50.1 Å². The van der Waals surface area contributed by atoms with Crippen molar-refractivity contribution in [3.8, 4) is 0 Å². The Labute approximate surface area is 331 Å². The third-order valence-corrected chi connectivity index (χ3v) is 10.8. The van der Waals surface area contributed by atoms with Crippen molar-refractivity contribution in [3.63, 3.8) is 0 Å². The Hall–Kier alpha value is -4.52. The van der Waals surface area contributed by atoms with Crippen molar-refractivity contribution in [3.05, 3.63) is 113 Å². The van der Waals surface area contributed by atoms with Crippen molar-refractivity contribution in [2.75, 3.05) is 27.3 Å². The molecule has 4 aromatic rings. The number of nitrogens with zero attached hydrogens (tertiary/aromatic N) is 2. The summed E-state index contributed by atoms with van der Waals surface area (Å²) in [5.41, 5.74) is 4.22. The molecule has 0 bridgehead atoms. The average molecular weight is 848 g/mol. The van der Waals surface area contributed by atoms with E-state index in [0.29, 0.717) is 10.0 Å². The lowest BCUT2D eigenvalue weighted by Gasteiger charge is -2.33. The molecular weight excluding hydrogens is 812 g/mol. The van der Waals surface area contributed by atoms with Gasteiger partial charge in [-0.15, -0.1) is 22.7 Å². The fraction of sp³-hybridized carbons (Fsp3) is 0.306. The van der Waals surface area contributed by atoms with Gasteiger partial charge in [0.2, 0.25) is 0 Å². The van der Waals surface area contributed by atoms with Crippen LogP contribution in [0, 0.1) is 0 Å². The number of carboxylic acid groups (broad SMARTS) is 3. The average Bonchev–Trinajstić information content (AvgIpc) is 3.83. The molecule has 12 nitrogen and oxygen atoms in total. The van der Waals surface area contributed by atoms with Crippen molar-refractivity contribution < 1.29 is 61.9 Å². The molecule has 2 aromatic heterocycles. The smallest absolute Gasteiger partial charge is 0.475 e. The van der Waals surface area contributed by atoms with E-state index >= 15 is 0 Å². The molecule has 296 valence electrons. The van der Waals surface area contributed by atoms with Gasteiger partial charge in [0, 0.05) is 46.0 Å². The standard InChI is InChI=1S/2C16H16ClNO2S.C2HF3O2.C2H2O4/c2*1-20-16(19)15(12-4-2-3-5-13(12)17)18-8-6-14-11(10-18)7-9-21-14;3-2(4,5)1(6)7;3-1(4)2(5)6/h2*2-5,7,9,15H,6,8,10H2,1H3;(H,6,7);(H,3,4)(H,5,6)/t2*15-;;/m00../s1. The maximum absolute atomic E-state index is 12.3. The van der Waals surface area contributed by atoms with Crippen LogP contribution >= 0.6 is 45.9 Å². The number of halogens is 5. The normalized spacial score (nSPS) is 14.7. The summed E-state index contributed by atoms with van der Waals surface area (Å²) in [6.07, 6.45) is -3.16. The highest BCUT2D eigenvalue weighted by molar-refractivity contribution is 7.10. The SMILES string of the molecule is COC(=O)[C@H](c1ccccc1Cl)N1CCc2sccc2C1.COC(=O)[C@H](c1ccccc1Cl)N1CCc2sccc2C1.O=C(O)C(=O)O.O=C(O)C(F)(F)F. The van der Waals surface area contributed by atoms with Crippen LogP contribution < -0.4 is 0 Å². The van der Waals surface area contributed by atoms with Gasteiger partial charge in [0.05, 0.1) is 14.2 Å². The molecule has 2 aliphatic heterocycles. The Kier molecular flexibility index (Phi) is 17.1. The summed E-state index contributed by atoms with van der Waals surface area (Å²) in [4.78, 5) is 58.8. The van der Waals surface area contributed by atoms with Gasteiger partial charge in [-0.1, -0.05) is 59.6 Å². The number of carboxylic acids is 3. The molecule has 0 spiro atoms. The van der Waals surface area contributed by atoms with Crippen LogP contribution in [-0.2, 0) is 59.4 Å². The number of carbonyl (C=O) groups excluding carboxylic acids is 2. The lowest BCUT2D eigenvalue weighted by atomic mass is 10.0. The molecule has 55 heavy (non-hydrogen) atoms. The van der Waals surface area contributed by atoms with E-state index in [-0.39, 0.29) is 11.9 Å². The Balaban J connectivity index is 0.000000225. The Morgan fingerprint density at radius 3 is 1.31 bits per heavy atom. The predicted molar refractivity (Wildman–Crippen MR) is 198 cm³/mol. The number of rotatable bonds is 6. The van der Waals surface area contributed by atoms with Gasteiger partial charge in [0.25, 0.3) is 0 Å². The van der Waals surface area contributed by atoms with E-state index in [2.05, 4.69) is 32.7 Å². The lowest BCUT2D eigenvalue weighted by molar-refractivity contribution is -0.192. The minimum Gasteiger partial charge on any atom is -0.475 e. The molecule has 2 aliphatic rings. The van der Waals surface area contributed by atoms with Crippen LogP contribution in [0.5, 0.6) is 0 Å². The zero-order valence-electron chi connectivity index (χ0n) is 29.1. The van der Waals surface area contributed by atoms with E-state index in [1.807, 2.05) is 48.5 Å². The van der Waals surface area contributed by atoms with Gasteiger partial charge in [-0.3, -0.25) is 9.80 Å². The van der Waals surface area contributed by atoms with E-state index in [1.165, 1.54) is 35.1 Å². The molecule has 3 N–H and O–H groups in total. The summed E-state index contributed by atoms with van der Waals surface area (Å²) >= 11 is 16.1. The Morgan fingerprint density at radius 2 is 1.02 bits per heavy atom. The van der Waals surface area contributed by atoms with Crippen molar-refractivity contribution in [1.82, 2.24) is 9.80 Å². The molecule has 0 radical (unpaired) electrons. The second-order valence-electron chi connectivity index (χ2n) is 11.5. The summed E-state index contributed by atoms with van der Waals surface area (Å²) < 4.78 is 41.8. The highest BCUT2D eigenvalue weighted by atomic mass is 35.5. The summed E-state index contributed by atoms with van der Waals surface area (Å²) in [5, 5.41) is 27.3. The maximum Gasteiger partial charge on any atom is 0.490 e. The highest BCUT2D eigenvalue weighted by Gasteiger charge is 2.38. The molecule has 0 saturated heterocycles. The monoisotopic (exact) mass is 846 g/mol. The minimum absolute atomic E-state index is 0.262. The lowest BCUT2D eigenvalue weighted by Crippen LogP contribution is -2.38. The van der Waals surface area contributed by atoms with Crippen LogP contribution in [0.4, 0.5) is 13.2 Å². The zero-order valence-corrected chi connectivity index (χ0v) is 32.3. The summed E-state index contributed by atoms with van der Waals surface area (Å²) in [5.74, 6) is -6.93. The fourth-order valence-electron chi connectivity index (χ4n) is 5.54. The van der Waals surface area contributed by atoms with Crippen molar-refractivity contribution >= 4 is 75.7 Å². The third-order valence-electron chi connectivity index (χ3n) is 8.08. The van der Waals surface area contributed by atoms with Gasteiger partial charge < -0.3 is 24.8 Å². The number of hydrogen-bond acceptors (Lipinski definition) is 11. The number of alkyl halides is 3. The number of benzene rings is 2. The number of methoxy groups -OCH3 is 2. The van der Waals surface area contributed by atoms with Gasteiger partial charge in [-0.2, -0.15) is 13.2 Å². The Morgan fingerprint density at radius 1 is 0.673 bits per heavy atom. The molecule has 19 heteroatoms. The second-order valence-corrected chi connectivity index (χ2v) is 14.3. The van der Waals surface area contributed by atoms with E-state index in [1.54, 1.807) is 22.7 Å². The first-order valence-electron chi connectivity index (χ1n) is 16.0. The Bertz CT molecular complexity index is 1830. The van der Waals surface area contributed by atoms with Gasteiger partial charge >= 0.3 is 36.0 Å². The van der Waals surface area contributed by atoms with Crippen LogP contribution in [0.2, 0.25) is 10.0 Å². The first kappa shape index (κ1) is 44.9. The summed E-state index contributed by atoms with van der Waals surface area (Å²) in [6.45, 7) is 3.17. The van der Waals surface area contributed by atoms with Crippen LogP contribution in [0.15, 0.2) is 71.4 Å². The maximum atomic E-state index is 12.3. The molecular formula is C36H35Cl2F3N2O10S2. The number of carbonyl (C=O) groups is 5. The number of esters is 2. The highest BCUT2D eigenvalue weighted by Crippen LogP contribution is 2.35. The van der Waals surface area contributed by atoms with Crippen molar-refractivity contribution in [1.29, 1.82) is 0 Å². The second kappa shape index (κ2) is 21.0. The molecule has 0 fully saturated rings. The summed E-state index contributed by atoms with van der Waals surface area (Å²) in [6, 6.07) is 18.3. The van der Waals surface area contributed by atoms with Crippen LogP contribution in [0.1, 0.15) is 44.1 Å². The van der Waals surface area contributed by atoms with Gasteiger partial charge in [0.1, 0.15) is 12.1 Å². The first-order chi connectivity index (χ1) is 26.0. The predicted octanol–water partition coefficient (Wildman–Crippen LogP) is 7.14. The van der Waals surface area contributed by atoms with E-state index in [9.17, 15) is 22.8 Å². The molecule has 2 aromatic carbocycles. The molecule has 0 aliphatic carbocycles. The largest absolute Gasteiger partial charge is 0.490 e. The first-order valence-corrected chi connectivity index (χ1v) is 18.5. The molecule has 0 amide bonds. The van der Waals surface area contributed by atoms with Gasteiger partial charge in [-0.05, 0) is 70.1 Å². The molecule has 2 atom stereocenters. The minimum atomic E-state index is -5.08.